The van der Waals surface area contributed by atoms with E-state index >= 15 is 0 Å². The smallest absolute Gasteiger partial charge is 0.358 e. The van der Waals surface area contributed by atoms with Gasteiger partial charge in [-0.05, 0) is 44.0 Å². The van der Waals surface area contributed by atoms with E-state index < -0.39 is 5.97 Å². The predicted molar refractivity (Wildman–Crippen MR) is 131 cm³/mol. The van der Waals surface area contributed by atoms with Crippen molar-refractivity contribution < 1.29 is 23.5 Å². The number of rotatable bonds is 11. The number of nitrogens with zero attached hydrogens (tertiary/aromatic N) is 2. The Balaban J connectivity index is 1.66. The fraction of sp³-hybridized carbons (Fsp3) is 0.280. The van der Waals surface area contributed by atoms with Gasteiger partial charge in [-0.1, -0.05) is 30.3 Å². The van der Waals surface area contributed by atoms with Crippen LogP contribution >= 0.6 is 11.3 Å². The Labute approximate surface area is 202 Å². The Morgan fingerprint density at radius 2 is 1.97 bits per heavy atom. The Morgan fingerprint density at radius 3 is 2.68 bits per heavy atom. The molecule has 0 fully saturated rings. The molecule has 1 N–H and O–H groups in total. The number of aromatic nitrogens is 1. The maximum Gasteiger partial charge on any atom is 0.358 e. The van der Waals surface area contributed by atoms with Gasteiger partial charge >= 0.3 is 5.97 Å². The largest absolute Gasteiger partial charge is 0.465 e. The van der Waals surface area contributed by atoms with E-state index in [-0.39, 0.29) is 37.1 Å². The zero-order valence-electron chi connectivity index (χ0n) is 19.2. The molecule has 178 valence electrons. The highest BCUT2D eigenvalue weighted by Crippen LogP contribution is 2.27. The molecule has 9 heteroatoms. The summed E-state index contributed by atoms with van der Waals surface area (Å²) in [5.41, 5.74) is 1.30. The zero-order chi connectivity index (χ0) is 24.3. The van der Waals surface area contributed by atoms with Gasteiger partial charge in [0.25, 0.3) is 0 Å². The fourth-order valence-electron chi connectivity index (χ4n) is 3.13. The number of esters is 1. The van der Waals surface area contributed by atoms with Crippen molar-refractivity contribution in [2.45, 2.75) is 26.7 Å². The summed E-state index contributed by atoms with van der Waals surface area (Å²) in [7, 11) is 0. The van der Waals surface area contributed by atoms with Crippen LogP contribution in [0.4, 0.5) is 5.13 Å². The molecule has 2 amide bonds. The molecule has 2 aromatic heterocycles. The van der Waals surface area contributed by atoms with Gasteiger partial charge < -0.3 is 14.5 Å². The first kappa shape index (κ1) is 24.9. The van der Waals surface area contributed by atoms with Gasteiger partial charge in [0.15, 0.2) is 10.8 Å². The topological polar surface area (TPSA) is 102 Å². The van der Waals surface area contributed by atoms with Gasteiger partial charge in [0, 0.05) is 30.5 Å². The van der Waals surface area contributed by atoms with Gasteiger partial charge in [-0.3, -0.25) is 14.5 Å². The highest BCUT2D eigenvalue weighted by molar-refractivity contribution is 7.16. The molecule has 3 aromatic rings. The Kier molecular flexibility index (Phi) is 9.16. The third kappa shape index (κ3) is 7.14. The van der Waals surface area contributed by atoms with E-state index in [4.69, 9.17) is 9.15 Å². The van der Waals surface area contributed by atoms with Crippen molar-refractivity contribution in [2.75, 3.05) is 24.6 Å². The number of anilines is 1. The lowest BCUT2D eigenvalue weighted by molar-refractivity contribution is -0.119. The summed E-state index contributed by atoms with van der Waals surface area (Å²) in [5, 5.41) is 3.14. The van der Waals surface area contributed by atoms with Crippen molar-refractivity contribution in [3.8, 4) is 0 Å². The minimum atomic E-state index is -0.506. The summed E-state index contributed by atoms with van der Waals surface area (Å²) >= 11 is 1.27. The Hall–Kier alpha value is -3.72. The molecule has 0 aliphatic carbocycles. The highest BCUT2D eigenvalue weighted by atomic mass is 32.1. The minimum absolute atomic E-state index is 0.0858. The van der Waals surface area contributed by atoms with Crippen molar-refractivity contribution in [2.24, 2.45) is 0 Å². The monoisotopic (exact) mass is 481 g/mol. The highest BCUT2D eigenvalue weighted by Gasteiger charge is 2.23. The van der Waals surface area contributed by atoms with Crippen LogP contribution < -0.4 is 10.2 Å². The molecule has 3 rings (SSSR count). The first-order chi connectivity index (χ1) is 16.5. The summed E-state index contributed by atoms with van der Waals surface area (Å²) in [6, 6.07) is 13.3. The quantitative estimate of drug-likeness (QED) is 0.328. The number of ether oxygens (including phenoxy) is 1. The molecule has 0 aliphatic heterocycles. The zero-order valence-corrected chi connectivity index (χ0v) is 20.0. The van der Waals surface area contributed by atoms with E-state index in [9.17, 15) is 14.4 Å². The van der Waals surface area contributed by atoms with Crippen molar-refractivity contribution in [3.63, 3.8) is 0 Å². The maximum atomic E-state index is 13.1. The fourth-order valence-corrected chi connectivity index (χ4v) is 4.07. The molecule has 0 saturated heterocycles. The SMILES string of the molecule is CCOC(=O)c1nc(N(CCc2ccccc2)C(=O)CCNC(=O)/C=C/c2ccco2)sc1C. The standard InChI is InChI=1S/C25H27N3O5S/c1-3-32-24(31)23-18(2)34-25(27-23)28(16-14-19-8-5-4-6-9-19)22(30)13-15-26-21(29)12-11-20-10-7-17-33-20/h4-12,17H,3,13-16H2,1-2H3,(H,26,29)/b12-11+. The van der Waals surface area contributed by atoms with Crippen molar-refractivity contribution in [1.82, 2.24) is 10.3 Å². The van der Waals surface area contributed by atoms with E-state index in [0.29, 0.717) is 28.7 Å². The van der Waals surface area contributed by atoms with Crippen LogP contribution in [0.15, 0.2) is 59.2 Å². The number of aryl methyl sites for hydroxylation is 1. The van der Waals surface area contributed by atoms with Crippen LogP contribution in [0, 0.1) is 6.92 Å². The van der Waals surface area contributed by atoms with Crippen molar-refractivity contribution >= 4 is 40.3 Å². The second-order valence-electron chi connectivity index (χ2n) is 7.29. The van der Waals surface area contributed by atoms with Gasteiger partial charge in [0.1, 0.15) is 5.76 Å². The van der Waals surface area contributed by atoms with Crippen LogP contribution in [-0.4, -0.2) is 42.5 Å². The summed E-state index contributed by atoms with van der Waals surface area (Å²) in [6.45, 7) is 4.31. The lowest BCUT2D eigenvalue weighted by Gasteiger charge is -2.20. The van der Waals surface area contributed by atoms with Crippen LogP contribution in [0.3, 0.4) is 0 Å². The third-order valence-corrected chi connectivity index (χ3v) is 5.83. The molecule has 0 atom stereocenters. The van der Waals surface area contributed by atoms with Crippen LogP contribution in [-0.2, 0) is 20.7 Å². The van der Waals surface area contributed by atoms with Gasteiger partial charge in [-0.2, -0.15) is 0 Å². The van der Waals surface area contributed by atoms with Crippen LogP contribution in [0.5, 0.6) is 0 Å². The molecule has 2 heterocycles. The molecule has 0 radical (unpaired) electrons. The molecule has 0 spiro atoms. The van der Waals surface area contributed by atoms with Gasteiger partial charge in [0.05, 0.1) is 12.9 Å². The predicted octanol–water partition coefficient (Wildman–Crippen LogP) is 4.02. The number of thiazole rings is 1. The number of furan rings is 1. The Bertz CT molecular complexity index is 1120. The van der Waals surface area contributed by atoms with E-state index in [1.54, 1.807) is 37.0 Å². The minimum Gasteiger partial charge on any atom is -0.465 e. The first-order valence-electron chi connectivity index (χ1n) is 11.0. The number of nitrogens with one attached hydrogen (secondary N) is 1. The summed E-state index contributed by atoms with van der Waals surface area (Å²) < 4.78 is 10.2. The summed E-state index contributed by atoms with van der Waals surface area (Å²) in [6.07, 6.45) is 5.14. The van der Waals surface area contributed by atoms with Gasteiger partial charge in [0.2, 0.25) is 11.8 Å². The van der Waals surface area contributed by atoms with Crippen molar-refractivity contribution in [1.29, 1.82) is 0 Å². The molecular formula is C25H27N3O5S. The summed E-state index contributed by atoms with van der Waals surface area (Å²) in [4.78, 5) is 44.0. The number of benzene rings is 1. The molecule has 0 bridgehead atoms. The van der Waals surface area contributed by atoms with E-state index in [2.05, 4.69) is 10.3 Å². The molecule has 1 aromatic carbocycles. The molecule has 0 unspecified atom stereocenters. The number of carbonyl (C=O) groups is 3. The lowest BCUT2D eigenvalue weighted by Crippen LogP contribution is -2.35. The van der Waals surface area contributed by atoms with Crippen molar-refractivity contribution in [3.05, 3.63) is 76.7 Å². The maximum absolute atomic E-state index is 13.1. The second kappa shape index (κ2) is 12.5. The number of carbonyl (C=O) groups excluding carboxylic acids is 3. The average Bonchev–Trinajstić information content (AvgIpc) is 3.48. The molecule has 8 nitrogen and oxygen atoms in total. The second-order valence-corrected chi connectivity index (χ2v) is 8.47. The molecule has 34 heavy (non-hydrogen) atoms. The number of hydrogen-bond donors (Lipinski definition) is 1. The van der Waals surface area contributed by atoms with Crippen LogP contribution in [0.2, 0.25) is 0 Å². The van der Waals surface area contributed by atoms with E-state index in [0.717, 1.165) is 5.56 Å². The van der Waals surface area contributed by atoms with Gasteiger partial charge in [-0.25, -0.2) is 9.78 Å². The molecule has 0 aliphatic rings. The summed E-state index contributed by atoms with van der Waals surface area (Å²) in [5.74, 6) is -0.464. The third-order valence-electron chi connectivity index (χ3n) is 4.83. The van der Waals surface area contributed by atoms with E-state index in [1.807, 2.05) is 30.3 Å². The lowest BCUT2D eigenvalue weighted by atomic mass is 10.1. The normalized spacial score (nSPS) is 10.9. The van der Waals surface area contributed by atoms with Gasteiger partial charge in [-0.15, -0.1) is 11.3 Å². The number of amides is 2. The van der Waals surface area contributed by atoms with Crippen LogP contribution in [0.25, 0.3) is 6.08 Å². The first-order valence-corrected chi connectivity index (χ1v) is 11.8. The molecule has 0 saturated carbocycles. The van der Waals surface area contributed by atoms with Crippen LogP contribution in [0.1, 0.15) is 40.0 Å². The average molecular weight is 482 g/mol. The Morgan fingerprint density at radius 1 is 1.18 bits per heavy atom. The number of hydrogen-bond acceptors (Lipinski definition) is 7. The molecular weight excluding hydrogens is 454 g/mol. The van der Waals surface area contributed by atoms with E-state index in [1.165, 1.54) is 23.7 Å².